The van der Waals surface area contributed by atoms with Crippen molar-refractivity contribution < 1.29 is 31.5 Å². The number of alkyl halides is 3. The van der Waals surface area contributed by atoms with Gasteiger partial charge in [-0.15, -0.1) is 0 Å². The molecular formula is C20H14F5N3O3. The van der Waals surface area contributed by atoms with Crippen LogP contribution in [0.4, 0.5) is 22.0 Å². The van der Waals surface area contributed by atoms with E-state index in [1.54, 1.807) is 0 Å². The van der Waals surface area contributed by atoms with E-state index in [0.29, 0.717) is 17.3 Å². The first-order valence-electron chi connectivity index (χ1n) is 9.00. The first-order chi connectivity index (χ1) is 14.6. The third-order valence-electron chi connectivity index (χ3n) is 5.13. The highest BCUT2D eigenvalue weighted by molar-refractivity contribution is 5.95. The van der Waals surface area contributed by atoms with Crippen LogP contribution in [0.25, 0.3) is 10.8 Å². The van der Waals surface area contributed by atoms with Gasteiger partial charge in [0.1, 0.15) is 5.69 Å². The first-order valence-corrected chi connectivity index (χ1v) is 9.00. The Hall–Kier alpha value is -3.34. The number of ether oxygens (including phenoxy) is 1. The minimum atomic E-state index is -4.65. The fourth-order valence-electron chi connectivity index (χ4n) is 3.58. The number of nitrogens with zero attached hydrogens (tertiary/aromatic N) is 2. The van der Waals surface area contributed by atoms with Gasteiger partial charge in [-0.3, -0.25) is 14.6 Å². The van der Waals surface area contributed by atoms with Crippen molar-refractivity contribution in [1.82, 2.24) is 14.9 Å². The highest BCUT2D eigenvalue weighted by Gasteiger charge is 2.34. The van der Waals surface area contributed by atoms with Gasteiger partial charge in [0.2, 0.25) is 0 Å². The molecule has 31 heavy (non-hydrogen) atoms. The topological polar surface area (TPSA) is 75.3 Å². The molecule has 4 rings (SSSR count). The predicted octanol–water partition coefficient (Wildman–Crippen LogP) is 3.56. The average molecular weight is 439 g/mol. The van der Waals surface area contributed by atoms with Crippen molar-refractivity contribution in [2.75, 3.05) is 13.7 Å². The predicted molar refractivity (Wildman–Crippen MR) is 98.2 cm³/mol. The Balaban J connectivity index is 1.77. The zero-order valence-corrected chi connectivity index (χ0v) is 15.9. The molecule has 1 atom stereocenters. The molecule has 6 nitrogen and oxygen atoms in total. The molecule has 1 aliphatic heterocycles. The molecule has 1 amide bonds. The zero-order chi connectivity index (χ0) is 22.5. The minimum absolute atomic E-state index is 0.0140. The summed E-state index contributed by atoms with van der Waals surface area (Å²) in [5, 5.41) is 0.0257. The maximum Gasteiger partial charge on any atom is 0.433 e. The third kappa shape index (κ3) is 3.65. The molecule has 1 aromatic carbocycles. The summed E-state index contributed by atoms with van der Waals surface area (Å²) in [4.78, 5) is 32.2. The quantitative estimate of drug-likeness (QED) is 0.620. The summed E-state index contributed by atoms with van der Waals surface area (Å²) < 4.78 is 71.2. The summed E-state index contributed by atoms with van der Waals surface area (Å²) in [5.74, 6) is -3.02. The van der Waals surface area contributed by atoms with Gasteiger partial charge in [0, 0.05) is 24.5 Å². The van der Waals surface area contributed by atoms with E-state index in [-0.39, 0.29) is 29.5 Å². The molecule has 1 N–H and O–H groups in total. The summed E-state index contributed by atoms with van der Waals surface area (Å²) in [6.45, 7) is -0.0384. The highest BCUT2D eigenvalue weighted by atomic mass is 19.4. The highest BCUT2D eigenvalue weighted by Crippen LogP contribution is 2.34. The zero-order valence-electron chi connectivity index (χ0n) is 15.9. The summed E-state index contributed by atoms with van der Waals surface area (Å²) >= 11 is 0. The van der Waals surface area contributed by atoms with Gasteiger partial charge in [0.25, 0.3) is 11.5 Å². The van der Waals surface area contributed by atoms with Crippen LogP contribution in [0.5, 0.6) is 0 Å². The molecule has 11 heteroatoms. The molecule has 3 aromatic rings. The molecule has 0 bridgehead atoms. The van der Waals surface area contributed by atoms with Gasteiger partial charge in [-0.2, -0.15) is 13.2 Å². The van der Waals surface area contributed by atoms with Crippen LogP contribution in [-0.2, 0) is 17.5 Å². The van der Waals surface area contributed by atoms with Gasteiger partial charge < -0.3 is 14.6 Å². The van der Waals surface area contributed by atoms with Gasteiger partial charge in [0.05, 0.1) is 30.2 Å². The normalized spacial score (nSPS) is 16.3. The van der Waals surface area contributed by atoms with E-state index in [2.05, 4.69) is 9.97 Å². The number of benzene rings is 1. The van der Waals surface area contributed by atoms with Gasteiger partial charge in [0.15, 0.2) is 11.6 Å². The number of likely N-dealkylation sites (N-methyl/N-ethyl adjacent to an activating group) is 1. The molecule has 2 aromatic heterocycles. The number of aromatic nitrogens is 2. The fraction of sp³-hybridized carbons (Fsp3) is 0.250. The molecule has 1 aliphatic rings. The van der Waals surface area contributed by atoms with E-state index in [9.17, 15) is 31.5 Å². The molecule has 0 unspecified atom stereocenters. The third-order valence-corrected chi connectivity index (χ3v) is 5.13. The number of halogens is 5. The summed E-state index contributed by atoms with van der Waals surface area (Å²) in [6.07, 6.45) is -3.83. The second-order valence-corrected chi connectivity index (χ2v) is 7.04. The van der Waals surface area contributed by atoms with Crippen molar-refractivity contribution in [2.24, 2.45) is 0 Å². The fourth-order valence-corrected chi connectivity index (χ4v) is 3.58. The number of hydrogen-bond acceptors (Lipinski definition) is 4. The van der Waals surface area contributed by atoms with Crippen molar-refractivity contribution in [3.05, 3.63) is 75.0 Å². The Labute approximate surface area is 171 Å². The maximum absolute atomic E-state index is 13.9. The molecule has 0 saturated heterocycles. The van der Waals surface area contributed by atoms with E-state index in [1.165, 1.54) is 11.9 Å². The molecule has 162 valence electrons. The number of amides is 1. The molecule has 3 heterocycles. The van der Waals surface area contributed by atoms with E-state index in [0.717, 1.165) is 24.4 Å². The van der Waals surface area contributed by atoms with Crippen LogP contribution in [0, 0.1) is 11.6 Å². The number of pyridine rings is 2. The van der Waals surface area contributed by atoms with Gasteiger partial charge >= 0.3 is 6.18 Å². The van der Waals surface area contributed by atoms with Crippen molar-refractivity contribution in [3.63, 3.8) is 0 Å². The van der Waals surface area contributed by atoms with Gasteiger partial charge in [-0.05, 0) is 29.7 Å². The van der Waals surface area contributed by atoms with Crippen LogP contribution in [0.15, 0.2) is 35.3 Å². The standard InChI is InChI=1S/C20H14F5N3O3/c1-28(19(30)9-2-3-16(26-6-9)20(23,24)25)15-8-31-7-14-17(15)10-4-12(21)13(22)5-11(10)18(29)27-14/h2-6,15H,7-8H2,1H3,(H,27,29)/t15-/m1/s1. The van der Waals surface area contributed by atoms with E-state index >= 15 is 0 Å². The summed E-state index contributed by atoms with van der Waals surface area (Å²) in [6, 6.07) is 2.53. The lowest BCUT2D eigenvalue weighted by Crippen LogP contribution is -2.37. The lowest BCUT2D eigenvalue weighted by Gasteiger charge is -2.33. The molecular weight excluding hydrogens is 425 g/mol. The second-order valence-electron chi connectivity index (χ2n) is 7.04. The Morgan fingerprint density at radius 2 is 1.87 bits per heavy atom. The van der Waals surface area contributed by atoms with E-state index in [1.807, 2.05) is 0 Å². The lowest BCUT2D eigenvalue weighted by molar-refractivity contribution is -0.141. The SMILES string of the molecule is CN(C(=O)c1ccc(C(F)(F)F)nc1)[C@@H]1COCc2[nH]c(=O)c3cc(F)c(F)cc3c21. The van der Waals surface area contributed by atoms with Crippen LogP contribution in [0.2, 0.25) is 0 Å². The number of carbonyl (C=O) groups is 1. The lowest BCUT2D eigenvalue weighted by atomic mass is 9.95. The van der Waals surface area contributed by atoms with Crippen molar-refractivity contribution in [2.45, 2.75) is 18.8 Å². The first kappa shape index (κ1) is 20.9. The van der Waals surface area contributed by atoms with Crippen LogP contribution >= 0.6 is 0 Å². The monoisotopic (exact) mass is 439 g/mol. The van der Waals surface area contributed by atoms with Crippen LogP contribution in [0.3, 0.4) is 0 Å². The number of carbonyl (C=O) groups excluding carboxylic acids is 1. The van der Waals surface area contributed by atoms with Gasteiger partial charge in [-0.1, -0.05) is 0 Å². The number of aromatic amines is 1. The average Bonchev–Trinajstić information content (AvgIpc) is 2.73. The molecule has 0 radical (unpaired) electrons. The second kappa shape index (κ2) is 7.41. The number of nitrogens with one attached hydrogen (secondary N) is 1. The largest absolute Gasteiger partial charge is 0.433 e. The molecule has 0 aliphatic carbocycles. The Bertz CT molecular complexity index is 1240. The molecule has 0 fully saturated rings. The number of fused-ring (bicyclic) bond motifs is 3. The Kier molecular flexibility index (Phi) is 5.00. The van der Waals surface area contributed by atoms with Crippen LogP contribution in [0.1, 0.15) is 33.4 Å². The van der Waals surface area contributed by atoms with Crippen LogP contribution < -0.4 is 5.56 Å². The molecule has 0 spiro atoms. The van der Waals surface area contributed by atoms with Gasteiger partial charge in [-0.25, -0.2) is 8.78 Å². The molecule has 0 saturated carbocycles. The minimum Gasteiger partial charge on any atom is -0.373 e. The smallest absolute Gasteiger partial charge is 0.373 e. The Morgan fingerprint density at radius 3 is 2.48 bits per heavy atom. The number of H-pyrrole nitrogens is 1. The number of rotatable bonds is 2. The van der Waals surface area contributed by atoms with Crippen LogP contribution in [-0.4, -0.2) is 34.4 Å². The van der Waals surface area contributed by atoms with Crippen molar-refractivity contribution in [3.8, 4) is 0 Å². The van der Waals surface area contributed by atoms with E-state index in [4.69, 9.17) is 4.74 Å². The summed E-state index contributed by atoms with van der Waals surface area (Å²) in [5.41, 5.74) is -1.22. The maximum atomic E-state index is 13.9. The van der Waals surface area contributed by atoms with E-state index < -0.39 is 41.0 Å². The number of hydrogen-bond donors (Lipinski definition) is 1. The Morgan fingerprint density at radius 1 is 1.19 bits per heavy atom. The van der Waals surface area contributed by atoms with Crippen molar-refractivity contribution >= 4 is 16.7 Å². The summed E-state index contributed by atoms with van der Waals surface area (Å²) in [7, 11) is 1.39. The van der Waals surface area contributed by atoms with Crippen molar-refractivity contribution in [1.29, 1.82) is 0 Å².